The van der Waals surface area contributed by atoms with Gasteiger partial charge in [0.2, 0.25) is 11.7 Å². The number of aromatic nitrogens is 6. The van der Waals surface area contributed by atoms with E-state index in [1.165, 1.54) is 11.3 Å². The van der Waals surface area contributed by atoms with Crippen LogP contribution in [0.25, 0.3) is 27.8 Å². The zero-order chi connectivity index (χ0) is 22.5. The first kappa shape index (κ1) is 20.7. The Kier molecular flexibility index (Phi) is 5.98. The Morgan fingerprint density at radius 3 is 2.76 bits per heavy atom. The molecule has 1 aromatic carbocycles. The molecule has 0 spiro atoms. The lowest BCUT2D eigenvalue weighted by Gasteiger charge is -2.03. The van der Waals surface area contributed by atoms with Gasteiger partial charge in [0.25, 0.3) is 5.82 Å². The number of esters is 1. The molecule has 0 aliphatic heterocycles. The second kappa shape index (κ2) is 9.53. The summed E-state index contributed by atoms with van der Waals surface area (Å²) in [5.74, 6) is 0.975. The third kappa shape index (κ3) is 4.70. The summed E-state index contributed by atoms with van der Waals surface area (Å²) >= 11 is 1.53. The molecule has 10 heteroatoms. The molecule has 0 N–H and O–H groups in total. The summed E-state index contributed by atoms with van der Waals surface area (Å²) in [6, 6.07) is 17.1. The van der Waals surface area contributed by atoms with Crippen molar-refractivity contribution in [3.05, 3.63) is 84.1 Å². The van der Waals surface area contributed by atoms with Gasteiger partial charge in [0.05, 0.1) is 17.2 Å². The van der Waals surface area contributed by atoms with Gasteiger partial charge < -0.3 is 9.26 Å². The van der Waals surface area contributed by atoms with Crippen molar-refractivity contribution in [2.24, 2.45) is 0 Å². The van der Waals surface area contributed by atoms with Crippen LogP contribution in [0.4, 0.5) is 0 Å². The van der Waals surface area contributed by atoms with Crippen molar-refractivity contribution in [2.45, 2.75) is 12.8 Å². The number of benzene rings is 1. The van der Waals surface area contributed by atoms with Gasteiger partial charge in [0.15, 0.2) is 5.82 Å². The SMILES string of the molecule is O=C(OCCCc1nc(-c2cccnc2)no1)c1nc(-c2cccs2)n(-c2ccccc2)n1. The van der Waals surface area contributed by atoms with Gasteiger partial charge in [-0.3, -0.25) is 4.98 Å². The van der Waals surface area contributed by atoms with E-state index in [2.05, 4.69) is 25.2 Å². The average Bonchev–Trinajstić information content (AvgIpc) is 3.63. The fourth-order valence-corrected chi connectivity index (χ4v) is 3.83. The lowest BCUT2D eigenvalue weighted by atomic mass is 10.3. The number of ether oxygens (including phenoxy) is 1. The van der Waals surface area contributed by atoms with E-state index in [0.717, 1.165) is 16.1 Å². The van der Waals surface area contributed by atoms with Crippen molar-refractivity contribution < 1.29 is 14.1 Å². The summed E-state index contributed by atoms with van der Waals surface area (Å²) in [5.41, 5.74) is 1.59. The number of aryl methyl sites for hydroxylation is 1. The van der Waals surface area contributed by atoms with Gasteiger partial charge in [-0.05, 0) is 42.1 Å². The molecule has 0 amide bonds. The number of carbonyl (C=O) groups is 1. The summed E-state index contributed by atoms with van der Waals surface area (Å²) in [7, 11) is 0. The topological polar surface area (TPSA) is 109 Å². The van der Waals surface area contributed by atoms with Crippen molar-refractivity contribution in [1.82, 2.24) is 29.9 Å². The minimum Gasteiger partial charge on any atom is -0.460 e. The van der Waals surface area contributed by atoms with Gasteiger partial charge in [-0.2, -0.15) is 9.97 Å². The van der Waals surface area contributed by atoms with E-state index in [9.17, 15) is 4.79 Å². The minimum atomic E-state index is -0.580. The summed E-state index contributed by atoms with van der Waals surface area (Å²) < 4.78 is 12.3. The molecular weight excluding hydrogens is 440 g/mol. The summed E-state index contributed by atoms with van der Waals surface area (Å²) in [5, 5.41) is 10.3. The molecule has 0 fully saturated rings. The molecule has 0 aliphatic carbocycles. The van der Waals surface area contributed by atoms with Crippen LogP contribution >= 0.6 is 11.3 Å². The third-order valence-electron chi connectivity index (χ3n) is 4.69. The molecule has 33 heavy (non-hydrogen) atoms. The van der Waals surface area contributed by atoms with Crippen LogP contribution in [0.5, 0.6) is 0 Å². The first-order valence-corrected chi connectivity index (χ1v) is 11.1. The Labute approximate surface area is 192 Å². The van der Waals surface area contributed by atoms with E-state index in [1.54, 1.807) is 17.1 Å². The number of pyridine rings is 1. The first-order chi connectivity index (χ1) is 16.3. The smallest absolute Gasteiger partial charge is 0.378 e. The van der Waals surface area contributed by atoms with Gasteiger partial charge in [-0.25, -0.2) is 9.48 Å². The zero-order valence-corrected chi connectivity index (χ0v) is 18.2. The number of nitrogens with zero attached hydrogens (tertiary/aromatic N) is 6. The van der Waals surface area contributed by atoms with Gasteiger partial charge >= 0.3 is 5.97 Å². The fraction of sp³-hybridized carbons (Fsp3) is 0.130. The number of rotatable bonds is 8. The Balaban J connectivity index is 1.22. The van der Waals surface area contributed by atoms with Crippen molar-refractivity contribution >= 4 is 17.3 Å². The number of carbonyl (C=O) groups excluding carboxylic acids is 1. The Bertz CT molecular complexity index is 1330. The van der Waals surface area contributed by atoms with Crippen LogP contribution in [0.3, 0.4) is 0 Å². The van der Waals surface area contributed by atoms with E-state index < -0.39 is 5.97 Å². The van der Waals surface area contributed by atoms with Crippen LogP contribution in [0, 0.1) is 0 Å². The lowest BCUT2D eigenvalue weighted by molar-refractivity contribution is 0.0484. The summed E-state index contributed by atoms with van der Waals surface area (Å²) in [6.07, 6.45) is 4.35. The van der Waals surface area contributed by atoms with E-state index in [1.807, 2.05) is 60.0 Å². The molecule has 4 aromatic heterocycles. The molecule has 0 unspecified atom stereocenters. The molecule has 0 aliphatic rings. The number of hydrogen-bond donors (Lipinski definition) is 0. The fourth-order valence-electron chi connectivity index (χ4n) is 3.13. The maximum atomic E-state index is 12.6. The molecule has 0 saturated heterocycles. The van der Waals surface area contributed by atoms with Crippen molar-refractivity contribution in [1.29, 1.82) is 0 Å². The zero-order valence-electron chi connectivity index (χ0n) is 17.4. The van der Waals surface area contributed by atoms with E-state index in [4.69, 9.17) is 9.26 Å². The van der Waals surface area contributed by atoms with Crippen LogP contribution < -0.4 is 0 Å². The maximum absolute atomic E-state index is 12.6. The minimum absolute atomic E-state index is 0.0129. The number of hydrogen-bond acceptors (Lipinski definition) is 9. The van der Waals surface area contributed by atoms with Crippen LogP contribution in [0.1, 0.15) is 22.9 Å². The molecule has 164 valence electrons. The Morgan fingerprint density at radius 1 is 1.06 bits per heavy atom. The lowest BCUT2D eigenvalue weighted by Crippen LogP contribution is -2.10. The molecule has 0 saturated carbocycles. The molecule has 0 bridgehead atoms. The van der Waals surface area contributed by atoms with Crippen molar-refractivity contribution in [2.75, 3.05) is 6.61 Å². The van der Waals surface area contributed by atoms with E-state index >= 15 is 0 Å². The summed E-state index contributed by atoms with van der Waals surface area (Å²) in [6.45, 7) is 0.178. The Hall–Kier alpha value is -4.18. The standard InChI is InChI=1S/C23H18N6O3S/c30-23(31-13-5-11-19-25-20(28-32-19)16-7-4-12-24-15-16)21-26-22(18-10-6-14-33-18)29(27-21)17-8-2-1-3-9-17/h1-4,6-10,12,14-15H,5,11,13H2. The van der Waals surface area contributed by atoms with Crippen LogP contribution in [0.15, 0.2) is 76.9 Å². The normalized spacial score (nSPS) is 10.9. The largest absolute Gasteiger partial charge is 0.460 e. The number of thiophene rings is 1. The maximum Gasteiger partial charge on any atom is 0.378 e. The molecular formula is C23H18N6O3S. The van der Waals surface area contributed by atoms with Crippen LogP contribution in [0.2, 0.25) is 0 Å². The molecule has 0 radical (unpaired) electrons. The highest BCUT2D eigenvalue weighted by Gasteiger charge is 2.20. The quantitative estimate of drug-likeness (QED) is 0.251. The second-order valence-electron chi connectivity index (χ2n) is 6.98. The molecule has 5 aromatic rings. The highest BCUT2D eigenvalue weighted by Crippen LogP contribution is 2.25. The molecule has 4 heterocycles. The van der Waals surface area contributed by atoms with Gasteiger partial charge in [-0.1, -0.05) is 29.4 Å². The van der Waals surface area contributed by atoms with Gasteiger partial charge in [0, 0.05) is 24.4 Å². The summed E-state index contributed by atoms with van der Waals surface area (Å²) in [4.78, 5) is 26.3. The molecule has 0 atom stereocenters. The highest BCUT2D eigenvalue weighted by atomic mass is 32.1. The predicted octanol–water partition coefficient (Wildman–Crippen LogP) is 4.23. The van der Waals surface area contributed by atoms with Crippen LogP contribution in [-0.4, -0.2) is 42.5 Å². The van der Waals surface area contributed by atoms with Gasteiger partial charge in [-0.15, -0.1) is 16.4 Å². The Morgan fingerprint density at radius 2 is 1.97 bits per heavy atom. The molecule has 9 nitrogen and oxygen atoms in total. The molecule has 5 rings (SSSR count). The first-order valence-electron chi connectivity index (χ1n) is 10.2. The third-order valence-corrected chi connectivity index (χ3v) is 5.55. The van der Waals surface area contributed by atoms with Gasteiger partial charge in [0.1, 0.15) is 0 Å². The van der Waals surface area contributed by atoms with E-state index in [0.29, 0.717) is 30.4 Å². The number of para-hydroxylation sites is 1. The monoisotopic (exact) mass is 458 g/mol. The highest BCUT2D eigenvalue weighted by molar-refractivity contribution is 7.13. The van der Waals surface area contributed by atoms with E-state index in [-0.39, 0.29) is 12.4 Å². The predicted molar refractivity (Wildman–Crippen MR) is 121 cm³/mol. The van der Waals surface area contributed by atoms with Crippen LogP contribution in [-0.2, 0) is 11.2 Å². The average molecular weight is 459 g/mol. The van der Waals surface area contributed by atoms with Crippen molar-refractivity contribution in [3.63, 3.8) is 0 Å². The van der Waals surface area contributed by atoms with Crippen molar-refractivity contribution in [3.8, 4) is 27.8 Å². The second-order valence-corrected chi connectivity index (χ2v) is 7.92.